The minimum absolute atomic E-state index is 0.443. The van der Waals surface area contributed by atoms with Crippen LogP contribution in [0.5, 0.6) is 0 Å². The van der Waals surface area contributed by atoms with Crippen LogP contribution in [0.15, 0.2) is 11.8 Å². The summed E-state index contributed by atoms with van der Waals surface area (Å²) < 4.78 is 2.66. The first kappa shape index (κ1) is 15.3. The maximum atomic E-state index is 2.66. The average molecular weight is 290 g/mol. The standard InChI is InChI=1S/C19H33N2/c1-15-9-16(2)14-21(13-15)18-10-17(11-19(3,4)12-18)20-7-5-6-8-20/h10,15-16H,5-9,11-14H2,1-4H3/q+1/p+1/t15-,16-/m0/s1. The number of nitrogens with zero attached hydrogens (tertiary/aromatic N) is 1. The van der Waals surface area contributed by atoms with E-state index in [1.165, 1.54) is 58.3 Å². The van der Waals surface area contributed by atoms with E-state index in [4.69, 9.17) is 0 Å². The van der Waals surface area contributed by atoms with Crippen LogP contribution in [-0.2, 0) is 0 Å². The smallest absolute Gasteiger partial charge is 0.182 e. The van der Waals surface area contributed by atoms with Crippen LogP contribution in [-0.4, -0.2) is 36.5 Å². The Kier molecular flexibility index (Phi) is 4.27. The van der Waals surface area contributed by atoms with Crippen molar-refractivity contribution >= 4 is 5.71 Å². The molecule has 2 aliphatic heterocycles. The van der Waals surface area contributed by atoms with Crippen molar-refractivity contribution in [3.05, 3.63) is 11.8 Å². The highest BCUT2D eigenvalue weighted by atomic mass is 15.2. The SMILES string of the molecule is C[C@H]1C[C@H](C)C[NH+](C2=CC(=[N+]3CCCC3)CC(C)(C)C2)C1. The molecule has 2 heteroatoms. The third-order valence-corrected chi connectivity index (χ3v) is 5.63. The topological polar surface area (TPSA) is 7.45 Å². The fourth-order valence-corrected chi connectivity index (χ4v) is 4.85. The molecule has 1 aliphatic carbocycles. The molecule has 118 valence electrons. The number of rotatable bonds is 1. The second kappa shape index (κ2) is 5.87. The zero-order chi connectivity index (χ0) is 15.0. The molecule has 0 radical (unpaired) electrons. The van der Waals surface area contributed by atoms with Gasteiger partial charge in [0.2, 0.25) is 0 Å². The number of likely N-dealkylation sites (tertiary alicyclic amines) is 1. The Bertz CT molecular complexity index is 440. The van der Waals surface area contributed by atoms with E-state index in [0.29, 0.717) is 5.41 Å². The summed E-state index contributed by atoms with van der Waals surface area (Å²) in [6.07, 6.45) is 9.35. The van der Waals surface area contributed by atoms with Crippen LogP contribution < -0.4 is 4.90 Å². The number of allylic oxidation sites excluding steroid dienone is 2. The lowest BCUT2D eigenvalue weighted by molar-refractivity contribution is -0.876. The summed E-state index contributed by atoms with van der Waals surface area (Å²) in [7, 11) is 0. The van der Waals surface area contributed by atoms with Gasteiger partial charge in [0.25, 0.3) is 0 Å². The van der Waals surface area contributed by atoms with Crippen molar-refractivity contribution in [3.8, 4) is 0 Å². The molecule has 0 spiro atoms. The van der Waals surface area contributed by atoms with Crippen molar-refractivity contribution in [2.24, 2.45) is 17.3 Å². The Labute approximate surface area is 130 Å². The minimum atomic E-state index is 0.443. The summed E-state index contributed by atoms with van der Waals surface area (Å²) in [4.78, 5) is 1.78. The number of nitrogens with one attached hydrogen (secondary N) is 1. The van der Waals surface area contributed by atoms with Crippen LogP contribution in [0.2, 0.25) is 0 Å². The van der Waals surface area contributed by atoms with E-state index in [-0.39, 0.29) is 0 Å². The molecular weight excluding hydrogens is 256 g/mol. The van der Waals surface area contributed by atoms with Crippen molar-refractivity contribution in [3.63, 3.8) is 0 Å². The molecule has 2 saturated heterocycles. The van der Waals surface area contributed by atoms with Gasteiger partial charge in [-0.2, -0.15) is 0 Å². The summed E-state index contributed by atoms with van der Waals surface area (Å²) in [6, 6.07) is 0. The van der Waals surface area contributed by atoms with E-state index in [1.807, 2.05) is 0 Å². The van der Waals surface area contributed by atoms with Gasteiger partial charge in [0.15, 0.2) is 5.71 Å². The van der Waals surface area contributed by atoms with Gasteiger partial charge in [0, 0.05) is 37.5 Å². The molecule has 2 nitrogen and oxygen atoms in total. The molecule has 0 unspecified atom stereocenters. The first-order valence-electron chi connectivity index (χ1n) is 9.09. The molecule has 0 aromatic carbocycles. The second-order valence-electron chi connectivity index (χ2n) is 8.83. The van der Waals surface area contributed by atoms with Crippen molar-refractivity contribution in [1.82, 2.24) is 0 Å². The summed E-state index contributed by atoms with van der Waals surface area (Å²) in [6.45, 7) is 15.1. The van der Waals surface area contributed by atoms with Gasteiger partial charge in [-0.3, -0.25) is 0 Å². The third kappa shape index (κ3) is 3.59. The Morgan fingerprint density at radius 1 is 1.05 bits per heavy atom. The summed E-state index contributed by atoms with van der Waals surface area (Å²) in [5.41, 5.74) is 3.78. The van der Waals surface area contributed by atoms with Crippen molar-refractivity contribution < 1.29 is 9.48 Å². The predicted octanol–water partition coefficient (Wildman–Crippen LogP) is 2.50. The van der Waals surface area contributed by atoms with Gasteiger partial charge < -0.3 is 4.90 Å². The molecular formula is C19H34N2+2. The molecule has 2 heterocycles. The fourth-order valence-electron chi connectivity index (χ4n) is 4.85. The van der Waals surface area contributed by atoms with Crippen LogP contribution in [0.25, 0.3) is 0 Å². The number of quaternary nitrogens is 1. The van der Waals surface area contributed by atoms with Crippen LogP contribution in [0, 0.1) is 17.3 Å². The zero-order valence-electron chi connectivity index (χ0n) is 14.5. The number of hydrogen-bond acceptors (Lipinski definition) is 0. The lowest BCUT2D eigenvalue weighted by atomic mass is 9.77. The van der Waals surface area contributed by atoms with E-state index in [0.717, 1.165) is 11.8 Å². The minimum Gasteiger partial charge on any atom is -0.305 e. The largest absolute Gasteiger partial charge is 0.305 e. The second-order valence-corrected chi connectivity index (χ2v) is 8.83. The predicted molar refractivity (Wildman–Crippen MR) is 89.0 cm³/mol. The zero-order valence-corrected chi connectivity index (χ0v) is 14.5. The molecule has 1 N–H and O–H groups in total. The molecule has 0 amide bonds. The Morgan fingerprint density at radius 2 is 1.67 bits per heavy atom. The van der Waals surface area contributed by atoms with Gasteiger partial charge in [0.05, 0.1) is 19.2 Å². The van der Waals surface area contributed by atoms with Crippen LogP contribution >= 0.6 is 0 Å². The Hall–Kier alpha value is -0.630. The third-order valence-electron chi connectivity index (χ3n) is 5.63. The lowest BCUT2D eigenvalue weighted by Crippen LogP contribution is -3.12. The van der Waals surface area contributed by atoms with Crippen LogP contribution in [0.1, 0.15) is 59.8 Å². The summed E-state index contributed by atoms with van der Waals surface area (Å²) in [5.74, 6) is 1.76. The van der Waals surface area contributed by atoms with Gasteiger partial charge in [-0.25, -0.2) is 4.58 Å². The molecule has 3 rings (SSSR count). The van der Waals surface area contributed by atoms with E-state index in [9.17, 15) is 0 Å². The summed E-state index contributed by atoms with van der Waals surface area (Å²) >= 11 is 0. The van der Waals surface area contributed by atoms with Gasteiger partial charge in [0.1, 0.15) is 18.8 Å². The Morgan fingerprint density at radius 3 is 2.29 bits per heavy atom. The molecule has 3 aliphatic rings. The highest BCUT2D eigenvalue weighted by Crippen LogP contribution is 2.33. The van der Waals surface area contributed by atoms with Crippen LogP contribution in [0.4, 0.5) is 0 Å². The molecule has 0 bridgehead atoms. The van der Waals surface area contributed by atoms with Crippen molar-refractivity contribution in [2.75, 3.05) is 26.2 Å². The maximum absolute atomic E-state index is 2.66. The van der Waals surface area contributed by atoms with Gasteiger partial charge in [-0.05, 0) is 11.8 Å². The quantitative estimate of drug-likeness (QED) is 0.710. The maximum Gasteiger partial charge on any atom is 0.182 e. The van der Waals surface area contributed by atoms with Crippen molar-refractivity contribution in [1.29, 1.82) is 0 Å². The van der Waals surface area contributed by atoms with E-state index in [2.05, 4.69) is 38.3 Å². The number of hydrogen-bond donors (Lipinski definition) is 1. The van der Waals surface area contributed by atoms with E-state index < -0.39 is 0 Å². The molecule has 0 aromatic rings. The highest BCUT2D eigenvalue weighted by Gasteiger charge is 2.38. The normalized spacial score (nSPS) is 36.8. The van der Waals surface area contributed by atoms with Gasteiger partial charge in [-0.15, -0.1) is 0 Å². The lowest BCUT2D eigenvalue weighted by Gasteiger charge is -2.37. The molecule has 2 fully saturated rings. The first-order chi connectivity index (χ1) is 9.93. The molecule has 0 saturated carbocycles. The van der Waals surface area contributed by atoms with E-state index >= 15 is 0 Å². The van der Waals surface area contributed by atoms with Gasteiger partial charge in [-0.1, -0.05) is 27.7 Å². The molecule has 0 aromatic heterocycles. The Balaban J connectivity index is 1.87. The first-order valence-corrected chi connectivity index (χ1v) is 9.09. The van der Waals surface area contributed by atoms with Crippen LogP contribution in [0.3, 0.4) is 0 Å². The average Bonchev–Trinajstić information content (AvgIpc) is 2.89. The molecule has 2 atom stereocenters. The summed E-state index contributed by atoms with van der Waals surface area (Å²) in [5, 5.41) is 0. The van der Waals surface area contributed by atoms with Gasteiger partial charge >= 0.3 is 0 Å². The van der Waals surface area contributed by atoms with Crippen molar-refractivity contribution in [2.45, 2.75) is 59.8 Å². The number of piperidine rings is 1. The van der Waals surface area contributed by atoms with E-state index in [1.54, 1.807) is 16.3 Å². The highest BCUT2D eigenvalue weighted by molar-refractivity contribution is 5.92. The monoisotopic (exact) mass is 290 g/mol. The fraction of sp³-hybridized carbons (Fsp3) is 0.842. The molecule has 21 heavy (non-hydrogen) atoms.